The molecule has 4 heteroatoms. The van der Waals surface area contributed by atoms with Gasteiger partial charge in [0.15, 0.2) is 0 Å². The number of hydrogen-bond donors (Lipinski definition) is 0. The van der Waals surface area contributed by atoms with E-state index in [1.54, 1.807) is 12.1 Å². The summed E-state index contributed by atoms with van der Waals surface area (Å²) in [6.07, 6.45) is 5.32. The number of benzene rings is 1. The maximum Gasteiger partial charge on any atom is 0.240 e. The van der Waals surface area contributed by atoms with Crippen molar-refractivity contribution in [1.82, 2.24) is 0 Å². The second-order valence-electron chi connectivity index (χ2n) is 5.34. The fourth-order valence-electron chi connectivity index (χ4n) is 2.92. The van der Waals surface area contributed by atoms with Crippen molar-refractivity contribution in [2.45, 2.75) is 19.8 Å². The minimum absolute atomic E-state index is 0.0702. The highest BCUT2D eigenvalue weighted by molar-refractivity contribution is 9.10. The van der Waals surface area contributed by atoms with Crippen LogP contribution in [-0.4, -0.2) is 11.8 Å². The lowest BCUT2D eigenvalue weighted by atomic mass is 9.72. The number of imide groups is 1. The van der Waals surface area contributed by atoms with Gasteiger partial charge in [0.25, 0.3) is 0 Å². The Morgan fingerprint density at radius 3 is 2.53 bits per heavy atom. The summed E-state index contributed by atoms with van der Waals surface area (Å²) in [6, 6.07) is 7.29. The zero-order valence-corrected chi connectivity index (χ0v) is 12.2. The lowest BCUT2D eigenvalue weighted by molar-refractivity contribution is -0.126. The molecule has 0 saturated carbocycles. The smallest absolute Gasteiger partial charge is 0.240 e. The van der Waals surface area contributed by atoms with E-state index in [2.05, 4.69) is 15.9 Å². The molecule has 2 aliphatic rings. The van der Waals surface area contributed by atoms with E-state index < -0.39 is 5.41 Å². The van der Waals surface area contributed by atoms with Crippen molar-refractivity contribution in [2.24, 2.45) is 11.3 Å². The van der Waals surface area contributed by atoms with Crippen LogP contribution < -0.4 is 4.90 Å². The first-order valence-corrected chi connectivity index (χ1v) is 7.12. The lowest BCUT2D eigenvalue weighted by Crippen LogP contribution is -2.34. The van der Waals surface area contributed by atoms with Gasteiger partial charge in [-0.25, -0.2) is 4.90 Å². The number of allylic oxidation sites excluding steroid dienone is 2. The molecule has 0 spiro atoms. The van der Waals surface area contributed by atoms with Crippen LogP contribution >= 0.6 is 15.9 Å². The lowest BCUT2D eigenvalue weighted by Gasteiger charge is -2.27. The van der Waals surface area contributed by atoms with Crippen LogP contribution in [0.4, 0.5) is 5.69 Å². The van der Waals surface area contributed by atoms with Crippen molar-refractivity contribution in [1.29, 1.82) is 0 Å². The molecule has 0 radical (unpaired) electrons. The van der Waals surface area contributed by atoms with E-state index in [9.17, 15) is 9.59 Å². The zero-order chi connectivity index (χ0) is 13.6. The van der Waals surface area contributed by atoms with Crippen LogP contribution in [0.3, 0.4) is 0 Å². The third-order valence-electron chi connectivity index (χ3n) is 4.14. The summed E-state index contributed by atoms with van der Waals surface area (Å²) in [6.45, 7) is 1.90. The largest absolute Gasteiger partial charge is 0.274 e. The molecule has 1 aromatic carbocycles. The Morgan fingerprint density at radius 1 is 1.21 bits per heavy atom. The van der Waals surface area contributed by atoms with E-state index in [0.29, 0.717) is 18.5 Å². The number of nitrogens with zero attached hydrogens (tertiary/aromatic N) is 1. The van der Waals surface area contributed by atoms with Gasteiger partial charge in [-0.2, -0.15) is 0 Å². The molecule has 1 saturated heterocycles. The second kappa shape index (κ2) is 4.30. The van der Waals surface area contributed by atoms with Crippen LogP contribution in [0.2, 0.25) is 0 Å². The fraction of sp³-hybridized carbons (Fsp3) is 0.333. The SMILES string of the molecule is C[C@@]12CC=CC[C@H]1C(=O)N(c1ccc(Br)cc1)C2=O. The molecule has 0 aromatic heterocycles. The van der Waals surface area contributed by atoms with Gasteiger partial charge in [-0.15, -0.1) is 0 Å². The van der Waals surface area contributed by atoms with Crippen LogP contribution in [0, 0.1) is 11.3 Å². The first-order valence-electron chi connectivity index (χ1n) is 6.33. The number of carbonyl (C=O) groups excluding carboxylic acids is 2. The molecule has 1 aromatic rings. The zero-order valence-electron chi connectivity index (χ0n) is 10.6. The fourth-order valence-corrected chi connectivity index (χ4v) is 3.18. The van der Waals surface area contributed by atoms with E-state index in [0.717, 1.165) is 4.47 Å². The first kappa shape index (κ1) is 12.6. The van der Waals surface area contributed by atoms with Gasteiger partial charge in [0.05, 0.1) is 17.0 Å². The maximum absolute atomic E-state index is 12.6. The highest BCUT2D eigenvalue weighted by atomic mass is 79.9. The maximum atomic E-state index is 12.6. The highest BCUT2D eigenvalue weighted by Gasteiger charge is 2.56. The van der Waals surface area contributed by atoms with Crippen LogP contribution in [-0.2, 0) is 9.59 Å². The predicted octanol–water partition coefficient (Wildman–Crippen LogP) is 3.29. The van der Waals surface area contributed by atoms with Crippen molar-refractivity contribution in [3.05, 3.63) is 40.9 Å². The third kappa shape index (κ3) is 1.77. The van der Waals surface area contributed by atoms with E-state index in [1.165, 1.54) is 4.90 Å². The van der Waals surface area contributed by atoms with Crippen LogP contribution in [0.1, 0.15) is 19.8 Å². The Balaban J connectivity index is 2.03. The molecule has 2 atom stereocenters. The summed E-state index contributed by atoms with van der Waals surface area (Å²) in [5.74, 6) is -0.359. The summed E-state index contributed by atoms with van der Waals surface area (Å²) in [5, 5.41) is 0. The van der Waals surface area contributed by atoms with Crippen molar-refractivity contribution >= 4 is 33.4 Å². The van der Waals surface area contributed by atoms with Crippen molar-refractivity contribution in [2.75, 3.05) is 4.90 Å². The third-order valence-corrected chi connectivity index (χ3v) is 4.67. The van der Waals surface area contributed by atoms with Crippen molar-refractivity contribution in [3.63, 3.8) is 0 Å². The number of rotatable bonds is 1. The summed E-state index contributed by atoms with van der Waals surface area (Å²) >= 11 is 3.36. The number of fused-ring (bicyclic) bond motifs is 1. The molecule has 3 rings (SSSR count). The van der Waals surface area contributed by atoms with Gasteiger partial charge in [0.1, 0.15) is 0 Å². The average molecular weight is 320 g/mol. The molecule has 1 aliphatic heterocycles. The van der Waals surface area contributed by atoms with Crippen molar-refractivity contribution in [3.8, 4) is 0 Å². The van der Waals surface area contributed by atoms with Crippen LogP contribution in [0.5, 0.6) is 0 Å². The molecule has 1 fully saturated rings. The van der Waals surface area contributed by atoms with E-state index in [4.69, 9.17) is 0 Å². The molecule has 0 N–H and O–H groups in total. The summed E-state index contributed by atoms with van der Waals surface area (Å²) in [5.41, 5.74) is 0.0904. The first-order chi connectivity index (χ1) is 9.04. The molecule has 1 heterocycles. The highest BCUT2D eigenvalue weighted by Crippen LogP contribution is 2.47. The predicted molar refractivity (Wildman–Crippen MR) is 76.6 cm³/mol. The monoisotopic (exact) mass is 319 g/mol. The van der Waals surface area contributed by atoms with Gasteiger partial charge < -0.3 is 0 Å². The van der Waals surface area contributed by atoms with E-state index in [1.807, 2.05) is 31.2 Å². The molecule has 19 heavy (non-hydrogen) atoms. The summed E-state index contributed by atoms with van der Waals surface area (Å²) < 4.78 is 0.931. The number of amides is 2. The van der Waals surface area contributed by atoms with Crippen molar-refractivity contribution < 1.29 is 9.59 Å². The second-order valence-corrected chi connectivity index (χ2v) is 6.25. The van der Waals surface area contributed by atoms with E-state index >= 15 is 0 Å². The number of anilines is 1. The topological polar surface area (TPSA) is 37.4 Å². The van der Waals surface area contributed by atoms with Crippen LogP contribution in [0.25, 0.3) is 0 Å². The molecular formula is C15H14BrNO2. The summed E-state index contributed by atoms with van der Waals surface area (Å²) in [4.78, 5) is 26.5. The minimum atomic E-state index is -0.571. The van der Waals surface area contributed by atoms with Gasteiger partial charge in [-0.3, -0.25) is 9.59 Å². The molecule has 3 nitrogen and oxygen atoms in total. The van der Waals surface area contributed by atoms with Gasteiger partial charge in [0.2, 0.25) is 11.8 Å². The molecular weight excluding hydrogens is 306 g/mol. The minimum Gasteiger partial charge on any atom is -0.274 e. The average Bonchev–Trinajstić information content (AvgIpc) is 2.60. The normalized spacial score (nSPS) is 29.8. The Bertz CT molecular complexity index is 578. The van der Waals surface area contributed by atoms with Gasteiger partial charge in [-0.05, 0) is 44.0 Å². The molecule has 2 amide bonds. The number of hydrogen-bond acceptors (Lipinski definition) is 2. The quantitative estimate of drug-likeness (QED) is 0.588. The molecule has 0 bridgehead atoms. The Kier molecular flexibility index (Phi) is 2.86. The number of halogens is 1. The van der Waals surface area contributed by atoms with Gasteiger partial charge >= 0.3 is 0 Å². The Hall–Kier alpha value is -1.42. The van der Waals surface area contributed by atoms with Crippen LogP contribution in [0.15, 0.2) is 40.9 Å². The standard InChI is InChI=1S/C15H14BrNO2/c1-15-9-3-2-4-12(15)13(18)17(14(15)19)11-7-5-10(16)6-8-11/h2-3,5-8,12H,4,9H2,1H3/t12-,15+/m0/s1. The summed E-state index contributed by atoms with van der Waals surface area (Å²) in [7, 11) is 0. The Labute approximate surface area is 120 Å². The molecule has 1 aliphatic carbocycles. The van der Waals surface area contributed by atoms with E-state index in [-0.39, 0.29) is 17.7 Å². The molecule has 0 unspecified atom stereocenters. The van der Waals surface area contributed by atoms with Gasteiger partial charge in [0, 0.05) is 4.47 Å². The molecule has 98 valence electrons. The number of carbonyl (C=O) groups is 2. The van der Waals surface area contributed by atoms with Gasteiger partial charge in [-0.1, -0.05) is 28.1 Å². The Morgan fingerprint density at radius 2 is 1.89 bits per heavy atom.